The van der Waals surface area contributed by atoms with E-state index in [1.165, 1.54) is 12.3 Å². The third-order valence-electron chi connectivity index (χ3n) is 4.72. The third kappa shape index (κ3) is 6.54. The standard InChI is InChI=1S/C19H40O2P2/c1-13(2)22(14(3)4)11-17-18(21-19(9,10)20-17)12-23(15(5)6)16(7)8/h13-18H,11-12H2,1-10H3/t17-,18-/m1/s1. The largest absolute Gasteiger partial charge is 0.344 e. The van der Waals surface area contributed by atoms with E-state index < -0.39 is 5.79 Å². The topological polar surface area (TPSA) is 18.5 Å². The van der Waals surface area contributed by atoms with Gasteiger partial charge in [0.1, 0.15) is 0 Å². The molecule has 1 rings (SSSR count). The van der Waals surface area contributed by atoms with Gasteiger partial charge >= 0.3 is 0 Å². The molecule has 23 heavy (non-hydrogen) atoms. The first-order chi connectivity index (χ1) is 10.4. The van der Waals surface area contributed by atoms with Gasteiger partial charge in [-0.15, -0.1) is 0 Å². The van der Waals surface area contributed by atoms with E-state index in [4.69, 9.17) is 9.47 Å². The molecule has 1 fully saturated rings. The van der Waals surface area contributed by atoms with Crippen LogP contribution >= 0.6 is 15.8 Å². The van der Waals surface area contributed by atoms with Gasteiger partial charge in [0.15, 0.2) is 5.79 Å². The van der Waals surface area contributed by atoms with Gasteiger partial charge in [-0.1, -0.05) is 71.2 Å². The molecule has 1 aliphatic rings. The van der Waals surface area contributed by atoms with Gasteiger partial charge in [0, 0.05) is 0 Å². The molecule has 4 heteroatoms. The van der Waals surface area contributed by atoms with Crippen LogP contribution in [0.1, 0.15) is 69.2 Å². The SMILES string of the molecule is CC(C)P(C[C@H]1OC(C)(C)O[C@@H]1CP(C(C)C)C(C)C)C(C)C. The summed E-state index contributed by atoms with van der Waals surface area (Å²) in [5.74, 6) is -0.417. The first-order valence-electron chi connectivity index (χ1n) is 9.31. The van der Waals surface area contributed by atoms with E-state index in [0.29, 0.717) is 0 Å². The summed E-state index contributed by atoms with van der Waals surface area (Å²) in [7, 11) is -0.0224. The molecule has 0 aromatic heterocycles. The van der Waals surface area contributed by atoms with Crippen molar-refractivity contribution < 1.29 is 9.47 Å². The van der Waals surface area contributed by atoms with Crippen molar-refractivity contribution >= 4 is 15.8 Å². The maximum absolute atomic E-state index is 6.36. The number of rotatable bonds is 8. The van der Waals surface area contributed by atoms with Crippen LogP contribution in [0.25, 0.3) is 0 Å². The molecule has 2 atom stereocenters. The lowest BCUT2D eigenvalue weighted by atomic mass is 10.3. The van der Waals surface area contributed by atoms with Crippen LogP contribution in [0.4, 0.5) is 0 Å². The molecule has 0 aliphatic carbocycles. The second-order valence-corrected chi connectivity index (χ2v) is 15.4. The molecule has 0 N–H and O–H groups in total. The Balaban J connectivity index is 2.86. The van der Waals surface area contributed by atoms with Crippen LogP contribution in [0, 0.1) is 0 Å². The lowest BCUT2D eigenvalue weighted by Gasteiger charge is -2.32. The molecule has 2 nitrogen and oxygen atoms in total. The van der Waals surface area contributed by atoms with Crippen molar-refractivity contribution in [2.24, 2.45) is 0 Å². The van der Waals surface area contributed by atoms with Gasteiger partial charge in [-0.25, -0.2) is 0 Å². The molecular weight excluding hydrogens is 322 g/mol. The maximum atomic E-state index is 6.36. The Kier molecular flexibility index (Phi) is 8.48. The summed E-state index contributed by atoms with van der Waals surface area (Å²) in [6, 6.07) is 0. The molecule has 1 saturated heterocycles. The van der Waals surface area contributed by atoms with E-state index >= 15 is 0 Å². The Morgan fingerprint density at radius 3 is 1.13 bits per heavy atom. The fourth-order valence-corrected chi connectivity index (χ4v) is 9.19. The van der Waals surface area contributed by atoms with Gasteiger partial charge in [-0.2, -0.15) is 0 Å². The zero-order chi connectivity index (χ0) is 17.9. The van der Waals surface area contributed by atoms with Gasteiger partial charge in [0.2, 0.25) is 0 Å². The van der Waals surface area contributed by atoms with Gasteiger partial charge in [-0.05, 0) is 48.8 Å². The molecule has 0 bridgehead atoms. The summed E-state index contributed by atoms with van der Waals surface area (Å²) in [5, 5.41) is 0. The molecule has 0 unspecified atom stereocenters. The van der Waals surface area contributed by atoms with Crippen LogP contribution in [0.15, 0.2) is 0 Å². The zero-order valence-electron chi connectivity index (χ0n) is 17.1. The summed E-state index contributed by atoms with van der Waals surface area (Å²) < 4.78 is 12.7. The molecule has 0 spiro atoms. The Hall–Kier alpha value is 0.780. The molecule has 1 aliphatic heterocycles. The third-order valence-corrected chi connectivity index (χ3v) is 11.6. The van der Waals surface area contributed by atoms with Gasteiger partial charge in [0.25, 0.3) is 0 Å². The van der Waals surface area contributed by atoms with Crippen molar-refractivity contribution in [3.05, 3.63) is 0 Å². The van der Waals surface area contributed by atoms with Crippen LogP contribution < -0.4 is 0 Å². The molecule has 0 amide bonds. The fourth-order valence-electron chi connectivity index (χ4n) is 3.67. The highest BCUT2D eigenvalue weighted by Gasteiger charge is 2.43. The smallest absolute Gasteiger partial charge is 0.163 e. The van der Waals surface area contributed by atoms with Gasteiger partial charge < -0.3 is 9.47 Å². The van der Waals surface area contributed by atoms with Crippen LogP contribution in [0.3, 0.4) is 0 Å². The van der Waals surface area contributed by atoms with E-state index in [1.807, 2.05) is 0 Å². The zero-order valence-corrected chi connectivity index (χ0v) is 18.9. The minimum absolute atomic E-state index is 0.0112. The second-order valence-electron chi connectivity index (χ2n) is 8.48. The molecule has 1 heterocycles. The summed E-state index contributed by atoms with van der Waals surface area (Å²) in [5.41, 5.74) is 3.04. The van der Waals surface area contributed by atoms with Crippen LogP contribution in [-0.4, -0.2) is 53.0 Å². The highest BCUT2D eigenvalue weighted by molar-refractivity contribution is 7.59. The maximum Gasteiger partial charge on any atom is 0.163 e. The Labute approximate surface area is 148 Å². The highest BCUT2D eigenvalue weighted by atomic mass is 31.1. The minimum atomic E-state index is -0.417. The monoisotopic (exact) mass is 362 g/mol. The van der Waals surface area contributed by atoms with Crippen molar-refractivity contribution in [1.82, 2.24) is 0 Å². The normalized spacial score (nSPS) is 25.0. The Morgan fingerprint density at radius 1 is 0.652 bits per heavy atom. The highest BCUT2D eigenvalue weighted by Crippen LogP contribution is 2.52. The van der Waals surface area contributed by atoms with E-state index in [-0.39, 0.29) is 28.1 Å². The Bertz CT molecular complexity index is 305. The number of ether oxygens (including phenoxy) is 2. The molecule has 0 aromatic carbocycles. The summed E-state index contributed by atoms with van der Waals surface area (Å²) in [6.45, 7) is 23.1. The van der Waals surface area contributed by atoms with Crippen molar-refractivity contribution in [2.75, 3.05) is 12.3 Å². The average molecular weight is 362 g/mol. The predicted octanol–water partition coefficient (Wildman–Crippen LogP) is 6.10. The molecule has 0 radical (unpaired) electrons. The van der Waals surface area contributed by atoms with Crippen molar-refractivity contribution in [3.8, 4) is 0 Å². The van der Waals surface area contributed by atoms with Gasteiger partial charge in [0.05, 0.1) is 12.2 Å². The van der Waals surface area contributed by atoms with Crippen LogP contribution in [0.5, 0.6) is 0 Å². The first-order valence-corrected chi connectivity index (χ1v) is 12.6. The minimum Gasteiger partial charge on any atom is -0.344 e. The summed E-state index contributed by atoms with van der Waals surface area (Å²) in [6.07, 6.45) is 2.95. The number of hydrogen-bond donors (Lipinski definition) is 0. The quantitative estimate of drug-likeness (QED) is 0.485. The summed E-state index contributed by atoms with van der Waals surface area (Å²) in [4.78, 5) is 0. The van der Waals surface area contributed by atoms with Crippen molar-refractivity contribution in [3.63, 3.8) is 0 Å². The molecule has 0 saturated carbocycles. The lowest BCUT2D eigenvalue weighted by Crippen LogP contribution is -2.31. The molecular formula is C19H40O2P2. The Morgan fingerprint density at radius 2 is 0.913 bits per heavy atom. The first kappa shape index (κ1) is 21.8. The van der Waals surface area contributed by atoms with E-state index in [0.717, 1.165) is 22.6 Å². The van der Waals surface area contributed by atoms with Crippen LogP contribution in [0.2, 0.25) is 0 Å². The van der Waals surface area contributed by atoms with Crippen LogP contribution in [-0.2, 0) is 9.47 Å². The average Bonchev–Trinajstić information content (AvgIpc) is 2.65. The number of hydrogen-bond acceptors (Lipinski definition) is 2. The van der Waals surface area contributed by atoms with Crippen molar-refractivity contribution in [1.29, 1.82) is 0 Å². The fraction of sp³-hybridized carbons (Fsp3) is 1.00. The predicted molar refractivity (Wildman–Crippen MR) is 108 cm³/mol. The van der Waals surface area contributed by atoms with Gasteiger partial charge in [-0.3, -0.25) is 0 Å². The van der Waals surface area contributed by atoms with E-state index in [1.54, 1.807) is 0 Å². The lowest BCUT2D eigenvalue weighted by molar-refractivity contribution is -0.142. The van der Waals surface area contributed by atoms with E-state index in [2.05, 4.69) is 69.2 Å². The summed E-state index contributed by atoms with van der Waals surface area (Å²) >= 11 is 0. The molecule has 138 valence electrons. The van der Waals surface area contributed by atoms with Crippen molar-refractivity contribution in [2.45, 2.75) is 110 Å². The second kappa shape index (κ2) is 8.93. The molecule has 0 aromatic rings. The van der Waals surface area contributed by atoms with E-state index in [9.17, 15) is 0 Å².